The molecule has 0 aliphatic carbocycles. The zero-order valence-corrected chi connectivity index (χ0v) is 19.6. The third-order valence-corrected chi connectivity index (χ3v) is 7.19. The Bertz CT molecular complexity index is 1280. The Balaban J connectivity index is 1.63. The van der Waals surface area contributed by atoms with Crippen molar-refractivity contribution in [2.45, 2.75) is 51.1 Å². The van der Waals surface area contributed by atoms with Gasteiger partial charge in [-0.1, -0.05) is 42.4 Å². The van der Waals surface area contributed by atoms with Gasteiger partial charge in [0.05, 0.1) is 23.8 Å². The van der Waals surface area contributed by atoms with Gasteiger partial charge in [0.25, 0.3) is 5.56 Å². The van der Waals surface area contributed by atoms with Gasteiger partial charge in [0.1, 0.15) is 10.6 Å². The lowest BCUT2D eigenvalue weighted by molar-refractivity contribution is 0.390. The number of aryl methyl sites for hydroxylation is 2. The highest BCUT2D eigenvalue weighted by molar-refractivity contribution is 7.98. The van der Waals surface area contributed by atoms with Crippen molar-refractivity contribution in [2.24, 2.45) is 0 Å². The summed E-state index contributed by atoms with van der Waals surface area (Å²) in [6.07, 6.45) is 1.92. The lowest BCUT2D eigenvalue weighted by atomic mass is 10.2. The first-order valence-electron chi connectivity index (χ1n) is 10.1. The molecule has 0 aliphatic rings. The number of ether oxygens (including phenoxy) is 1. The molecule has 0 aliphatic heterocycles. The number of benzene rings is 1. The quantitative estimate of drug-likeness (QED) is 0.265. The van der Waals surface area contributed by atoms with Crippen LogP contribution in [-0.4, -0.2) is 26.8 Å². The fraction of sp³-hybridized carbons (Fsp3) is 0.364. The predicted molar refractivity (Wildman–Crippen MR) is 124 cm³/mol. The second kappa shape index (κ2) is 9.23. The number of hydrogen-bond donors (Lipinski definition) is 0. The average Bonchev–Trinajstić information content (AvgIpc) is 3.36. The number of unbranched alkanes of at least 4 members (excludes halogenated alkanes) is 1. The molecule has 1 aromatic carbocycles. The molecule has 0 saturated carbocycles. The van der Waals surface area contributed by atoms with E-state index in [4.69, 9.17) is 14.2 Å². The van der Waals surface area contributed by atoms with Gasteiger partial charge in [-0.15, -0.1) is 11.3 Å². The first-order valence-corrected chi connectivity index (χ1v) is 11.9. The predicted octanol–water partition coefficient (Wildman–Crippen LogP) is 5.23. The molecular weight excluding hydrogens is 432 g/mol. The van der Waals surface area contributed by atoms with E-state index in [1.807, 2.05) is 38.1 Å². The second-order valence-corrected chi connectivity index (χ2v) is 9.31. The Morgan fingerprint density at radius 3 is 2.81 bits per heavy atom. The number of fused-ring (bicyclic) bond motifs is 1. The maximum Gasteiger partial charge on any atom is 0.263 e. The lowest BCUT2D eigenvalue weighted by Gasteiger charge is -2.11. The number of nitrogens with zero attached hydrogens (tertiary/aromatic N) is 4. The molecule has 0 N–H and O–H groups in total. The van der Waals surface area contributed by atoms with E-state index in [1.165, 1.54) is 11.8 Å². The van der Waals surface area contributed by atoms with Crippen molar-refractivity contribution in [1.82, 2.24) is 19.7 Å². The van der Waals surface area contributed by atoms with E-state index in [0.29, 0.717) is 34.9 Å². The summed E-state index contributed by atoms with van der Waals surface area (Å²) in [5.74, 6) is 2.06. The fourth-order valence-electron chi connectivity index (χ4n) is 3.31. The third kappa shape index (κ3) is 4.24. The Morgan fingerprint density at radius 2 is 2.03 bits per heavy atom. The summed E-state index contributed by atoms with van der Waals surface area (Å²) in [5.41, 5.74) is 1.83. The van der Waals surface area contributed by atoms with E-state index < -0.39 is 0 Å². The number of aromatic nitrogens is 4. The van der Waals surface area contributed by atoms with Gasteiger partial charge in [0, 0.05) is 11.4 Å². The third-order valence-electron chi connectivity index (χ3n) is 5.13. The molecule has 0 amide bonds. The monoisotopic (exact) mass is 456 g/mol. The summed E-state index contributed by atoms with van der Waals surface area (Å²) in [4.78, 5) is 24.4. The van der Waals surface area contributed by atoms with Crippen molar-refractivity contribution in [1.29, 1.82) is 0 Å². The van der Waals surface area contributed by atoms with Crippen molar-refractivity contribution in [3.05, 3.63) is 51.0 Å². The molecule has 0 saturated heterocycles. The number of para-hydroxylation sites is 1. The zero-order chi connectivity index (χ0) is 22.0. The molecule has 0 unspecified atom stereocenters. The van der Waals surface area contributed by atoms with Crippen LogP contribution in [0.4, 0.5) is 0 Å². The van der Waals surface area contributed by atoms with Gasteiger partial charge < -0.3 is 9.26 Å². The molecular formula is C22H24N4O3S2. The van der Waals surface area contributed by atoms with Crippen LogP contribution in [0.2, 0.25) is 0 Å². The molecule has 0 radical (unpaired) electrons. The van der Waals surface area contributed by atoms with Crippen LogP contribution in [0.3, 0.4) is 0 Å². The van der Waals surface area contributed by atoms with Gasteiger partial charge in [0.15, 0.2) is 5.16 Å². The van der Waals surface area contributed by atoms with Crippen LogP contribution in [-0.2, 0) is 12.3 Å². The molecule has 4 rings (SSSR count). The number of hydrogen-bond acceptors (Lipinski definition) is 8. The summed E-state index contributed by atoms with van der Waals surface area (Å²) >= 11 is 3.01. The summed E-state index contributed by atoms with van der Waals surface area (Å²) < 4.78 is 12.6. The zero-order valence-electron chi connectivity index (χ0n) is 18.0. The van der Waals surface area contributed by atoms with E-state index in [9.17, 15) is 4.79 Å². The molecule has 0 spiro atoms. The van der Waals surface area contributed by atoms with Gasteiger partial charge in [-0.25, -0.2) is 4.98 Å². The SMILES string of the molecule is CCCCn1c(SCc2nc(-c3ccccc3OC)no2)nc2sc(C)c(C)c2c1=O. The Labute approximate surface area is 188 Å². The first kappa shape index (κ1) is 21.6. The Morgan fingerprint density at radius 1 is 1.23 bits per heavy atom. The molecule has 3 aromatic heterocycles. The van der Waals surface area contributed by atoms with Gasteiger partial charge in [-0.05, 0) is 38.0 Å². The summed E-state index contributed by atoms with van der Waals surface area (Å²) in [7, 11) is 1.61. The highest BCUT2D eigenvalue weighted by Gasteiger charge is 2.18. The van der Waals surface area contributed by atoms with E-state index in [0.717, 1.165) is 39.1 Å². The maximum atomic E-state index is 13.2. The topological polar surface area (TPSA) is 83.0 Å². The maximum absolute atomic E-state index is 13.2. The van der Waals surface area contributed by atoms with Gasteiger partial charge in [0.2, 0.25) is 11.7 Å². The number of thiophene rings is 1. The van der Waals surface area contributed by atoms with Crippen LogP contribution in [0.1, 0.15) is 36.1 Å². The van der Waals surface area contributed by atoms with Crippen molar-refractivity contribution in [3.8, 4) is 17.1 Å². The van der Waals surface area contributed by atoms with Crippen LogP contribution in [0.15, 0.2) is 38.7 Å². The number of rotatable bonds is 8. The Hall–Kier alpha value is -2.65. The minimum absolute atomic E-state index is 0.0306. The van der Waals surface area contributed by atoms with Gasteiger partial charge in [-0.2, -0.15) is 4.98 Å². The van der Waals surface area contributed by atoms with E-state index in [2.05, 4.69) is 17.1 Å². The molecule has 31 heavy (non-hydrogen) atoms. The van der Waals surface area contributed by atoms with E-state index in [1.54, 1.807) is 23.0 Å². The van der Waals surface area contributed by atoms with Crippen molar-refractivity contribution in [2.75, 3.05) is 7.11 Å². The standard InChI is InChI=1S/C22H24N4O3S2/c1-5-6-11-26-21(27)18-13(2)14(3)31-20(18)24-22(26)30-12-17-23-19(25-29-17)15-9-7-8-10-16(15)28-4/h7-10H,5-6,11-12H2,1-4H3. The van der Waals surface area contributed by atoms with E-state index >= 15 is 0 Å². The normalized spacial score (nSPS) is 11.4. The van der Waals surface area contributed by atoms with Crippen LogP contribution in [0.5, 0.6) is 5.75 Å². The summed E-state index contributed by atoms with van der Waals surface area (Å²) in [6, 6.07) is 7.54. The second-order valence-electron chi connectivity index (χ2n) is 7.17. The minimum Gasteiger partial charge on any atom is -0.496 e. The van der Waals surface area contributed by atoms with Crippen LogP contribution in [0, 0.1) is 13.8 Å². The van der Waals surface area contributed by atoms with Crippen LogP contribution >= 0.6 is 23.1 Å². The first-order chi connectivity index (χ1) is 15.0. The minimum atomic E-state index is 0.0306. The molecule has 0 atom stereocenters. The van der Waals surface area contributed by atoms with Crippen LogP contribution < -0.4 is 10.3 Å². The molecule has 0 bridgehead atoms. The van der Waals surface area contributed by atoms with Crippen LogP contribution in [0.25, 0.3) is 21.6 Å². The average molecular weight is 457 g/mol. The smallest absolute Gasteiger partial charge is 0.263 e. The molecule has 7 nitrogen and oxygen atoms in total. The van der Waals surface area contributed by atoms with Gasteiger partial charge in [-0.3, -0.25) is 9.36 Å². The Kier molecular flexibility index (Phi) is 6.43. The molecule has 0 fully saturated rings. The van der Waals surface area contributed by atoms with Crippen molar-refractivity contribution < 1.29 is 9.26 Å². The van der Waals surface area contributed by atoms with E-state index in [-0.39, 0.29) is 5.56 Å². The van der Waals surface area contributed by atoms with Crippen molar-refractivity contribution >= 4 is 33.3 Å². The summed E-state index contributed by atoms with van der Waals surface area (Å²) in [5, 5.41) is 5.52. The number of methoxy groups -OCH3 is 1. The molecule has 162 valence electrons. The van der Waals surface area contributed by atoms with Gasteiger partial charge >= 0.3 is 0 Å². The number of thioether (sulfide) groups is 1. The molecule has 9 heteroatoms. The fourth-order valence-corrected chi connectivity index (χ4v) is 5.24. The molecule has 3 heterocycles. The van der Waals surface area contributed by atoms with Crippen molar-refractivity contribution in [3.63, 3.8) is 0 Å². The largest absolute Gasteiger partial charge is 0.496 e. The molecule has 4 aromatic rings. The lowest BCUT2D eigenvalue weighted by Crippen LogP contribution is -2.23. The highest BCUT2D eigenvalue weighted by Crippen LogP contribution is 2.31. The highest BCUT2D eigenvalue weighted by atomic mass is 32.2. The summed E-state index contributed by atoms with van der Waals surface area (Å²) in [6.45, 7) is 6.78.